The number of aromatic nitrogens is 3. The molecule has 2 aliphatic rings. The summed E-state index contributed by atoms with van der Waals surface area (Å²) in [5, 5.41) is 11.9. The fourth-order valence-electron chi connectivity index (χ4n) is 3.74. The molecule has 0 radical (unpaired) electrons. The van der Waals surface area contributed by atoms with Gasteiger partial charge >= 0.3 is 0 Å². The normalized spacial score (nSPS) is 20.8. The van der Waals surface area contributed by atoms with Crippen LogP contribution < -0.4 is 5.32 Å². The largest absolute Gasteiger partial charge is 0.335 e. The Kier molecular flexibility index (Phi) is 5.50. The number of rotatable bonds is 4. The lowest BCUT2D eigenvalue weighted by molar-refractivity contribution is 0.0617. The van der Waals surface area contributed by atoms with Crippen molar-refractivity contribution in [3.63, 3.8) is 0 Å². The molecule has 3 heterocycles. The van der Waals surface area contributed by atoms with Crippen LogP contribution in [-0.2, 0) is 0 Å². The van der Waals surface area contributed by atoms with Crippen molar-refractivity contribution in [3.8, 4) is 0 Å². The van der Waals surface area contributed by atoms with Crippen molar-refractivity contribution in [2.24, 2.45) is 5.92 Å². The van der Waals surface area contributed by atoms with E-state index in [0.717, 1.165) is 64.3 Å². The van der Waals surface area contributed by atoms with Crippen molar-refractivity contribution in [3.05, 3.63) is 11.4 Å². The highest BCUT2D eigenvalue weighted by Crippen LogP contribution is 2.21. The van der Waals surface area contributed by atoms with E-state index in [2.05, 4.69) is 34.4 Å². The maximum atomic E-state index is 12.8. The molecule has 0 aromatic carbocycles. The third-order valence-corrected chi connectivity index (χ3v) is 5.07. The minimum atomic E-state index is 0.0388. The molecule has 0 aliphatic carbocycles. The predicted octanol–water partition coefficient (Wildman–Crippen LogP) is 0.925. The molecule has 2 aliphatic heterocycles. The zero-order valence-corrected chi connectivity index (χ0v) is 15.2. The Morgan fingerprint density at radius 3 is 2.50 bits per heavy atom. The van der Waals surface area contributed by atoms with Gasteiger partial charge < -0.3 is 10.2 Å². The molecule has 2 saturated heterocycles. The summed E-state index contributed by atoms with van der Waals surface area (Å²) in [6.07, 6.45) is 2.09. The number of hydrogen-bond acceptors (Lipinski definition) is 5. The Morgan fingerprint density at radius 1 is 1.21 bits per heavy atom. The van der Waals surface area contributed by atoms with Gasteiger partial charge in [0.05, 0.1) is 11.7 Å². The SMILES string of the molecule is Cc1c(C(=O)N2CCN(CC(C)C)CC2)nnn1C1CCNCC1. The van der Waals surface area contributed by atoms with Gasteiger partial charge in [-0.25, -0.2) is 4.68 Å². The highest BCUT2D eigenvalue weighted by Gasteiger charge is 2.28. The van der Waals surface area contributed by atoms with Gasteiger partial charge in [0, 0.05) is 32.7 Å². The summed E-state index contributed by atoms with van der Waals surface area (Å²) in [5.74, 6) is 0.705. The fourth-order valence-corrected chi connectivity index (χ4v) is 3.74. The van der Waals surface area contributed by atoms with Crippen molar-refractivity contribution >= 4 is 5.91 Å². The number of nitrogens with one attached hydrogen (secondary N) is 1. The van der Waals surface area contributed by atoms with Crippen LogP contribution in [0.1, 0.15) is 48.9 Å². The van der Waals surface area contributed by atoms with Crippen molar-refractivity contribution < 1.29 is 4.79 Å². The van der Waals surface area contributed by atoms with E-state index in [1.807, 2.05) is 16.5 Å². The Morgan fingerprint density at radius 2 is 1.88 bits per heavy atom. The average Bonchev–Trinajstić information content (AvgIpc) is 2.97. The fraction of sp³-hybridized carbons (Fsp3) is 0.824. The number of nitrogens with zero attached hydrogens (tertiary/aromatic N) is 5. The van der Waals surface area contributed by atoms with Crippen LogP contribution in [0.4, 0.5) is 0 Å². The second-order valence-electron chi connectivity index (χ2n) is 7.44. The maximum absolute atomic E-state index is 12.8. The third-order valence-electron chi connectivity index (χ3n) is 5.07. The second-order valence-corrected chi connectivity index (χ2v) is 7.44. The minimum Gasteiger partial charge on any atom is -0.335 e. The molecular weight excluding hydrogens is 304 g/mol. The Balaban J connectivity index is 1.62. The molecule has 134 valence electrons. The summed E-state index contributed by atoms with van der Waals surface area (Å²) >= 11 is 0. The van der Waals surface area contributed by atoms with E-state index in [1.54, 1.807) is 0 Å². The minimum absolute atomic E-state index is 0.0388. The third kappa shape index (κ3) is 3.78. The predicted molar refractivity (Wildman–Crippen MR) is 93.1 cm³/mol. The number of piperazine rings is 1. The summed E-state index contributed by atoms with van der Waals surface area (Å²) in [4.78, 5) is 17.2. The zero-order valence-electron chi connectivity index (χ0n) is 15.2. The smallest absolute Gasteiger partial charge is 0.276 e. The van der Waals surface area contributed by atoms with E-state index in [0.29, 0.717) is 17.7 Å². The van der Waals surface area contributed by atoms with Gasteiger partial charge in [0.1, 0.15) is 0 Å². The van der Waals surface area contributed by atoms with E-state index in [1.165, 1.54) is 0 Å². The summed E-state index contributed by atoms with van der Waals surface area (Å²) in [7, 11) is 0. The molecule has 0 atom stereocenters. The molecule has 2 fully saturated rings. The van der Waals surface area contributed by atoms with Gasteiger partial charge in [0.25, 0.3) is 5.91 Å². The lowest BCUT2D eigenvalue weighted by Gasteiger charge is -2.35. The molecule has 1 aromatic heterocycles. The molecule has 7 nitrogen and oxygen atoms in total. The molecule has 1 amide bonds. The number of amides is 1. The standard InChI is InChI=1S/C17H30N6O/c1-13(2)12-21-8-10-22(11-9-21)17(24)16-14(3)23(20-19-16)15-4-6-18-7-5-15/h13,15,18H,4-12H2,1-3H3. The summed E-state index contributed by atoms with van der Waals surface area (Å²) in [6.45, 7) is 13.0. The van der Waals surface area contributed by atoms with Gasteiger partial charge in [-0.2, -0.15) is 0 Å². The van der Waals surface area contributed by atoms with Gasteiger partial charge in [-0.1, -0.05) is 19.1 Å². The topological polar surface area (TPSA) is 66.3 Å². The maximum Gasteiger partial charge on any atom is 0.276 e. The van der Waals surface area contributed by atoms with Crippen LogP contribution in [-0.4, -0.2) is 76.5 Å². The molecule has 0 spiro atoms. The van der Waals surface area contributed by atoms with E-state index in [9.17, 15) is 4.79 Å². The van der Waals surface area contributed by atoms with E-state index >= 15 is 0 Å². The molecule has 0 saturated carbocycles. The van der Waals surface area contributed by atoms with Gasteiger partial charge in [0.2, 0.25) is 0 Å². The van der Waals surface area contributed by atoms with Crippen molar-refractivity contribution in [1.29, 1.82) is 0 Å². The molecule has 3 rings (SSSR count). The lowest BCUT2D eigenvalue weighted by atomic mass is 10.1. The van der Waals surface area contributed by atoms with Crippen molar-refractivity contribution in [2.75, 3.05) is 45.8 Å². The van der Waals surface area contributed by atoms with Crippen LogP contribution in [0.3, 0.4) is 0 Å². The van der Waals surface area contributed by atoms with Crippen LogP contribution in [0.2, 0.25) is 0 Å². The molecule has 0 bridgehead atoms. The average molecular weight is 334 g/mol. The molecule has 7 heteroatoms. The highest BCUT2D eigenvalue weighted by molar-refractivity contribution is 5.93. The monoisotopic (exact) mass is 334 g/mol. The van der Waals surface area contributed by atoms with E-state index < -0.39 is 0 Å². The van der Waals surface area contributed by atoms with Crippen molar-refractivity contribution in [2.45, 2.75) is 39.7 Å². The first-order chi connectivity index (χ1) is 11.6. The quantitative estimate of drug-likeness (QED) is 0.887. The van der Waals surface area contributed by atoms with Crippen molar-refractivity contribution in [1.82, 2.24) is 30.1 Å². The first kappa shape index (κ1) is 17.4. The Bertz CT molecular complexity index is 555. The lowest BCUT2D eigenvalue weighted by Crippen LogP contribution is -2.49. The Labute approximate surface area is 144 Å². The molecular formula is C17H30N6O. The first-order valence-electron chi connectivity index (χ1n) is 9.20. The molecule has 24 heavy (non-hydrogen) atoms. The van der Waals surface area contributed by atoms with E-state index in [4.69, 9.17) is 0 Å². The van der Waals surface area contributed by atoms with Crippen LogP contribution in [0.25, 0.3) is 0 Å². The van der Waals surface area contributed by atoms with Crippen LogP contribution in [0.5, 0.6) is 0 Å². The second kappa shape index (κ2) is 7.61. The number of hydrogen-bond donors (Lipinski definition) is 1. The molecule has 0 unspecified atom stereocenters. The van der Waals surface area contributed by atoms with Crippen LogP contribution in [0.15, 0.2) is 0 Å². The number of carbonyl (C=O) groups is 1. The molecule has 1 N–H and O–H groups in total. The number of carbonyl (C=O) groups excluding carboxylic acids is 1. The van der Waals surface area contributed by atoms with Crippen LogP contribution >= 0.6 is 0 Å². The Hall–Kier alpha value is -1.47. The summed E-state index contributed by atoms with van der Waals surface area (Å²) in [5.41, 5.74) is 1.45. The highest BCUT2D eigenvalue weighted by atomic mass is 16.2. The molecule has 1 aromatic rings. The van der Waals surface area contributed by atoms with Crippen LogP contribution in [0, 0.1) is 12.8 Å². The first-order valence-corrected chi connectivity index (χ1v) is 9.20. The van der Waals surface area contributed by atoms with Gasteiger partial charge in [-0.05, 0) is 38.8 Å². The number of piperidine rings is 1. The van der Waals surface area contributed by atoms with Gasteiger partial charge in [-0.3, -0.25) is 9.69 Å². The van der Waals surface area contributed by atoms with Gasteiger partial charge in [-0.15, -0.1) is 5.10 Å². The summed E-state index contributed by atoms with van der Waals surface area (Å²) < 4.78 is 1.96. The van der Waals surface area contributed by atoms with E-state index in [-0.39, 0.29) is 5.91 Å². The summed E-state index contributed by atoms with van der Waals surface area (Å²) in [6, 6.07) is 0.364. The van der Waals surface area contributed by atoms with Gasteiger partial charge in [0.15, 0.2) is 5.69 Å². The zero-order chi connectivity index (χ0) is 17.1.